The molecule has 0 amide bonds. The lowest BCUT2D eigenvalue weighted by Crippen LogP contribution is -2.22. The summed E-state index contributed by atoms with van der Waals surface area (Å²) in [5.41, 5.74) is 0.865. The van der Waals surface area contributed by atoms with Gasteiger partial charge in [-0.1, -0.05) is 6.92 Å². The van der Waals surface area contributed by atoms with E-state index in [0.29, 0.717) is 12.1 Å². The first-order valence-electron chi connectivity index (χ1n) is 5.00. The Hall–Kier alpha value is -2.09. The average Bonchev–Trinajstić information content (AvgIpc) is 2.28. The lowest BCUT2D eigenvalue weighted by molar-refractivity contribution is -0.137. The first kappa shape index (κ1) is 12.0. The fourth-order valence-electron chi connectivity index (χ4n) is 1.34. The maximum absolute atomic E-state index is 10.6. The van der Waals surface area contributed by atoms with Crippen LogP contribution in [0.2, 0.25) is 0 Å². The number of rotatable bonds is 5. The molecule has 1 heterocycles. The van der Waals surface area contributed by atoms with Crippen LogP contribution in [0, 0.1) is 11.3 Å². The van der Waals surface area contributed by atoms with E-state index in [1.807, 2.05) is 13.0 Å². The zero-order chi connectivity index (χ0) is 12.0. The first-order chi connectivity index (χ1) is 7.67. The Bertz CT molecular complexity index is 412. The van der Waals surface area contributed by atoms with Gasteiger partial charge in [-0.25, -0.2) is 4.98 Å². The molecule has 0 saturated carbocycles. The van der Waals surface area contributed by atoms with Crippen molar-refractivity contribution >= 4 is 11.7 Å². The van der Waals surface area contributed by atoms with E-state index in [1.165, 1.54) is 6.20 Å². The number of hydrogen-bond donors (Lipinski definition) is 2. The Labute approximate surface area is 93.7 Å². The van der Waals surface area contributed by atoms with Crippen LogP contribution in [0.4, 0.5) is 5.69 Å². The Morgan fingerprint density at radius 3 is 3.06 bits per heavy atom. The SMILES string of the molecule is CCC(CC(=O)O)Nc1cccnc1C#N. The van der Waals surface area contributed by atoms with E-state index < -0.39 is 5.97 Å². The highest BCUT2D eigenvalue weighted by Crippen LogP contribution is 2.14. The van der Waals surface area contributed by atoms with Crippen LogP contribution in [-0.4, -0.2) is 22.1 Å². The van der Waals surface area contributed by atoms with Crippen molar-refractivity contribution in [1.29, 1.82) is 5.26 Å². The van der Waals surface area contributed by atoms with Gasteiger partial charge in [-0.15, -0.1) is 0 Å². The number of carboxylic acid groups (broad SMARTS) is 1. The second-order valence-corrected chi connectivity index (χ2v) is 3.36. The number of hydrogen-bond acceptors (Lipinski definition) is 4. The average molecular weight is 219 g/mol. The molecule has 5 nitrogen and oxygen atoms in total. The van der Waals surface area contributed by atoms with E-state index in [0.717, 1.165) is 0 Å². The van der Waals surface area contributed by atoms with Crippen LogP contribution >= 0.6 is 0 Å². The quantitative estimate of drug-likeness (QED) is 0.785. The van der Waals surface area contributed by atoms with Gasteiger partial charge in [0.2, 0.25) is 0 Å². The van der Waals surface area contributed by atoms with Gasteiger partial charge in [0.1, 0.15) is 6.07 Å². The lowest BCUT2D eigenvalue weighted by atomic mass is 10.1. The topological polar surface area (TPSA) is 86.0 Å². The Morgan fingerprint density at radius 2 is 2.50 bits per heavy atom. The molecule has 84 valence electrons. The Balaban J connectivity index is 2.78. The fourth-order valence-corrected chi connectivity index (χ4v) is 1.34. The molecule has 0 bridgehead atoms. The van der Waals surface area contributed by atoms with Crippen molar-refractivity contribution in [2.45, 2.75) is 25.8 Å². The number of nitrogens with one attached hydrogen (secondary N) is 1. The molecule has 0 aliphatic rings. The summed E-state index contributed by atoms with van der Waals surface area (Å²) in [7, 11) is 0. The van der Waals surface area contributed by atoms with Gasteiger partial charge in [-0.3, -0.25) is 4.79 Å². The normalized spacial score (nSPS) is 11.5. The van der Waals surface area contributed by atoms with Crippen molar-refractivity contribution in [3.8, 4) is 6.07 Å². The number of pyridine rings is 1. The molecule has 0 aliphatic carbocycles. The fraction of sp³-hybridized carbons (Fsp3) is 0.364. The number of nitrogens with zero attached hydrogens (tertiary/aromatic N) is 2. The molecule has 1 atom stereocenters. The van der Waals surface area contributed by atoms with Crippen LogP contribution in [0.5, 0.6) is 0 Å². The summed E-state index contributed by atoms with van der Waals surface area (Å²) in [5, 5.41) is 20.5. The molecule has 0 radical (unpaired) electrons. The molecule has 5 heteroatoms. The largest absolute Gasteiger partial charge is 0.481 e. The molecule has 1 unspecified atom stereocenters. The van der Waals surface area contributed by atoms with E-state index in [-0.39, 0.29) is 18.2 Å². The van der Waals surface area contributed by atoms with Crippen molar-refractivity contribution in [2.75, 3.05) is 5.32 Å². The maximum Gasteiger partial charge on any atom is 0.305 e. The number of aromatic nitrogens is 1. The van der Waals surface area contributed by atoms with Crippen molar-refractivity contribution in [3.63, 3.8) is 0 Å². The molecular formula is C11H13N3O2. The molecule has 2 N–H and O–H groups in total. The van der Waals surface area contributed by atoms with Crippen molar-refractivity contribution in [1.82, 2.24) is 4.98 Å². The van der Waals surface area contributed by atoms with Crippen LogP contribution in [0.3, 0.4) is 0 Å². The van der Waals surface area contributed by atoms with Gasteiger partial charge in [0.15, 0.2) is 5.69 Å². The minimum absolute atomic E-state index is 0.0241. The Morgan fingerprint density at radius 1 is 1.75 bits per heavy atom. The monoisotopic (exact) mass is 219 g/mol. The zero-order valence-electron chi connectivity index (χ0n) is 8.97. The predicted octanol–water partition coefficient (Wildman–Crippen LogP) is 1.62. The molecule has 0 aliphatic heterocycles. The van der Waals surface area contributed by atoms with Crippen LogP contribution in [-0.2, 0) is 4.79 Å². The van der Waals surface area contributed by atoms with Crippen LogP contribution in [0.1, 0.15) is 25.5 Å². The molecular weight excluding hydrogens is 206 g/mol. The zero-order valence-corrected chi connectivity index (χ0v) is 8.97. The summed E-state index contributed by atoms with van der Waals surface area (Å²) in [5.74, 6) is -0.859. The standard InChI is InChI=1S/C11H13N3O2/c1-2-8(6-11(15)16)14-9-4-3-5-13-10(9)7-12/h3-5,8,14H,2,6H2,1H3,(H,15,16). The van der Waals surface area contributed by atoms with E-state index in [9.17, 15) is 4.79 Å². The number of nitriles is 1. The van der Waals surface area contributed by atoms with Gasteiger partial charge >= 0.3 is 5.97 Å². The third kappa shape index (κ3) is 3.24. The summed E-state index contributed by atoms with van der Waals surface area (Å²) >= 11 is 0. The second-order valence-electron chi connectivity index (χ2n) is 3.36. The summed E-state index contributed by atoms with van der Waals surface area (Å²) in [6.07, 6.45) is 2.23. The van der Waals surface area contributed by atoms with Gasteiger partial charge in [0.25, 0.3) is 0 Å². The van der Waals surface area contributed by atoms with E-state index in [1.54, 1.807) is 12.1 Å². The summed E-state index contributed by atoms with van der Waals surface area (Å²) in [6, 6.07) is 5.19. The van der Waals surface area contributed by atoms with Crippen LogP contribution in [0.25, 0.3) is 0 Å². The lowest BCUT2D eigenvalue weighted by Gasteiger charge is -2.16. The molecule has 1 rings (SSSR count). The summed E-state index contributed by atoms with van der Waals surface area (Å²) in [6.45, 7) is 1.89. The summed E-state index contributed by atoms with van der Waals surface area (Å²) in [4.78, 5) is 14.5. The third-order valence-electron chi connectivity index (χ3n) is 2.19. The minimum atomic E-state index is -0.859. The highest BCUT2D eigenvalue weighted by atomic mass is 16.4. The number of carboxylic acids is 1. The molecule has 0 fully saturated rings. The van der Waals surface area contributed by atoms with E-state index >= 15 is 0 Å². The number of carbonyl (C=O) groups is 1. The molecule has 1 aromatic rings. The van der Waals surface area contributed by atoms with E-state index in [2.05, 4.69) is 10.3 Å². The Kier molecular flexibility index (Phi) is 4.28. The summed E-state index contributed by atoms with van der Waals surface area (Å²) < 4.78 is 0. The molecule has 0 saturated heterocycles. The van der Waals surface area contributed by atoms with Crippen LogP contribution < -0.4 is 5.32 Å². The van der Waals surface area contributed by atoms with Gasteiger partial charge in [-0.05, 0) is 18.6 Å². The van der Waals surface area contributed by atoms with Crippen molar-refractivity contribution < 1.29 is 9.90 Å². The highest BCUT2D eigenvalue weighted by molar-refractivity contribution is 5.68. The van der Waals surface area contributed by atoms with Gasteiger partial charge < -0.3 is 10.4 Å². The maximum atomic E-state index is 10.6. The number of anilines is 1. The smallest absolute Gasteiger partial charge is 0.305 e. The predicted molar refractivity (Wildman–Crippen MR) is 58.9 cm³/mol. The van der Waals surface area contributed by atoms with E-state index in [4.69, 9.17) is 10.4 Å². The minimum Gasteiger partial charge on any atom is -0.481 e. The molecule has 1 aromatic heterocycles. The van der Waals surface area contributed by atoms with Gasteiger partial charge in [0.05, 0.1) is 12.1 Å². The molecule has 0 spiro atoms. The third-order valence-corrected chi connectivity index (χ3v) is 2.19. The number of aliphatic carboxylic acids is 1. The molecule has 16 heavy (non-hydrogen) atoms. The molecule has 0 aromatic carbocycles. The van der Waals surface area contributed by atoms with Crippen molar-refractivity contribution in [3.05, 3.63) is 24.0 Å². The highest BCUT2D eigenvalue weighted by Gasteiger charge is 2.12. The first-order valence-corrected chi connectivity index (χ1v) is 5.00. The van der Waals surface area contributed by atoms with Crippen molar-refractivity contribution in [2.24, 2.45) is 0 Å². The van der Waals surface area contributed by atoms with Gasteiger partial charge in [0, 0.05) is 12.2 Å². The van der Waals surface area contributed by atoms with Gasteiger partial charge in [-0.2, -0.15) is 5.26 Å². The van der Waals surface area contributed by atoms with Crippen LogP contribution in [0.15, 0.2) is 18.3 Å². The second kappa shape index (κ2) is 5.71.